The third-order valence-corrected chi connectivity index (χ3v) is 1.71. The van der Waals surface area contributed by atoms with E-state index in [4.69, 9.17) is 10.8 Å². The van der Waals surface area contributed by atoms with Crippen LogP contribution in [0.2, 0.25) is 0 Å². The largest absolute Gasteiger partial charge is 0.480 e. The van der Waals surface area contributed by atoms with Gasteiger partial charge in [0.25, 0.3) is 0 Å². The first kappa shape index (κ1) is 11.2. The molecular weight excluding hydrogens is 154 g/mol. The summed E-state index contributed by atoms with van der Waals surface area (Å²) in [6.07, 6.45) is 2.35. The highest BCUT2D eigenvalue weighted by atomic mass is 16.4. The summed E-state index contributed by atoms with van der Waals surface area (Å²) in [5.74, 6) is -0.665. The van der Waals surface area contributed by atoms with Gasteiger partial charge in [0.1, 0.15) is 5.54 Å². The normalized spacial score (nSPS) is 15.7. The van der Waals surface area contributed by atoms with E-state index in [-0.39, 0.29) is 5.92 Å². The minimum Gasteiger partial charge on any atom is -0.480 e. The van der Waals surface area contributed by atoms with Crippen LogP contribution in [0.3, 0.4) is 0 Å². The van der Waals surface area contributed by atoms with E-state index >= 15 is 0 Å². The molecule has 0 saturated heterocycles. The van der Waals surface area contributed by atoms with Crippen LogP contribution in [0.4, 0.5) is 0 Å². The van der Waals surface area contributed by atoms with Crippen molar-refractivity contribution >= 4 is 5.97 Å². The van der Waals surface area contributed by atoms with Gasteiger partial charge in [-0.25, -0.2) is 0 Å². The van der Waals surface area contributed by atoms with Crippen molar-refractivity contribution in [3.63, 3.8) is 0 Å². The van der Waals surface area contributed by atoms with E-state index < -0.39 is 11.5 Å². The van der Waals surface area contributed by atoms with E-state index in [1.54, 1.807) is 6.08 Å². The van der Waals surface area contributed by atoms with Gasteiger partial charge in [0.15, 0.2) is 0 Å². The van der Waals surface area contributed by atoms with Gasteiger partial charge in [0.05, 0.1) is 0 Å². The number of carboxylic acid groups (broad SMARTS) is 1. The van der Waals surface area contributed by atoms with E-state index in [2.05, 4.69) is 6.58 Å². The topological polar surface area (TPSA) is 63.3 Å². The third-order valence-electron chi connectivity index (χ3n) is 1.71. The molecule has 1 atom stereocenters. The van der Waals surface area contributed by atoms with E-state index in [0.29, 0.717) is 12.8 Å². The number of aliphatic carboxylic acids is 1. The maximum atomic E-state index is 10.8. The molecule has 0 spiro atoms. The standard InChI is InChI=1S/C9H17NO2/c1-4-5-9(10,8(11)12)6-7(2)3/h4,7H,1,5-6,10H2,2-3H3,(H,11,12)/t9-/m0/s1. The Kier molecular flexibility index (Phi) is 3.96. The monoisotopic (exact) mass is 171 g/mol. The fourth-order valence-electron chi connectivity index (χ4n) is 1.24. The molecule has 0 aliphatic heterocycles. The lowest BCUT2D eigenvalue weighted by Gasteiger charge is -2.24. The minimum absolute atomic E-state index is 0.283. The van der Waals surface area contributed by atoms with Crippen LogP contribution in [-0.2, 0) is 4.79 Å². The lowest BCUT2D eigenvalue weighted by atomic mass is 9.87. The molecule has 3 N–H and O–H groups in total. The Labute approximate surface area is 73.3 Å². The molecule has 12 heavy (non-hydrogen) atoms. The number of carbonyl (C=O) groups is 1. The van der Waals surface area contributed by atoms with Crippen LogP contribution in [0, 0.1) is 5.92 Å². The summed E-state index contributed by atoms with van der Waals surface area (Å²) in [4.78, 5) is 10.8. The Morgan fingerprint density at radius 1 is 1.75 bits per heavy atom. The first-order valence-corrected chi connectivity index (χ1v) is 4.05. The molecule has 3 heteroatoms. The Morgan fingerprint density at radius 2 is 2.25 bits per heavy atom. The lowest BCUT2D eigenvalue weighted by molar-refractivity contribution is -0.143. The van der Waals surface area contributed by atoms with Crippen molar-refractivity contribution in [3.8, 4) is 0 Å². The van der Waals surface area contributed by atoms with Gasteiger partial charge in [0, 0.05) is 0 Å². The quantitative estimate of drug-likeness (QED) is 0.614. The Bertz CT molecular complexity index is 177. The van der Waals surface area contributed by atoms with Crippen molar-refractivity contribution in [2.24, 2.45) is 11.7 Å². The van der Waals surface area contributed by atoms with Crippen LogP contribution in [0.5, 0.6) is 0 Å². The average Bonchev–Trinajstić information content (AvgIpc) is 1.85. The molecule has 70 valence electrons. The fourth-order valence-corrected chi connectivity index (χ4v) is 1.24. The minimum atomic E-state index is -1.13. The fraction of sp³-hybridized carbons (Fsp3) is 0.667. The molecule has 0 unspecified atom stereocenters. The smallest absolute Gasteiger partial charge is 0.324 e. The highest BCUT2D eigenvalue weighted by Gasteiger charge is 2.32. The van der Waals surface area contributed by atoms with Crippen molar-refractivity contribution < 1.29 is 9.90 Å². The van der Waals surface area contributed by atoms with Gasteiger partial charge in [-0.3, -0.25) is 4.79 Å². The number of carboxylic acids is 1. The second kappa shape index (κ2) is 4.26. The van der Waals surface area contributed by atoms with Crippen molar-refractivity contribution in [3.05, 3.63) is 12.7 Å². The van der Waals surface area contributed by atoms with Crippen molar-refractivity contribution in [1.82, 2.24) is 0 Å². The van der Waals surface area contributed by atoms with Crippen LogP contribution in [0.15, 0.2) is 12.7 Å². The van der Waals surface area contributed by atoms with E-state index in [9.17, 15) is 4.79 Å². The maximum Gasteiger partial charge on any atom is 0.324 e. The lowest BCUT2D eigenvalue weighted by Crippen LogP contribution is -2.48. The summed E-state index contributed by atoms with van der Waals surface area (Å²) < 4.78 is 0. The van der Waals surface area contributed by atoms with Gasteiger partial charge < -0.3 is 10.8 Å². The summed E-state index contributed by atoms with van der Waals surface area (Å²) in [5, 5.41) is 8.84. The number of hydrogen-bond acceptors (Lipinski definition) is 2. The number of rotatable bonds is 5. The summed E-state index contributed by atoms with van der Waals surface area (Å²) in [6, 6.07) is 0. The van der Waals surface area contributed by atoms with Gasteiger partial charge in [-0.2, -0.15) is 0 Å². The van der Waals surface area contributed by atoms with Gasteiger partial charge in [-0.15, -0.1) is 6.58 Å². The van der Waals surface area contributed by atoms with Crippen LogP contribution >= 0.6 is 0 Å². The number of nitrogens with two attached hydrogens (primary N) is 1. The van der Waals surface area contributed by atoms with Gasteiger partial charge in [-0.05, 0) is 18.8 Å². The second-order valence-corrected chi connectivity index (χ2v) is 3.55. The first-order chi connectivity index (χ1) is 5.42. The molecule has 0 bridgehead atoms. The van der Waals surface area contributed by atoms with Crippen LogP contribution < -0.4 is 5.73 Å². The first-order valence-electron chi connectivity index (χ1n) is 4.05. The molecule has 0 aliphatic rings. The molecule has 0 aromatic heterocycles. The van der Waals surface area contributed by atoms with Crippen molar-refractivity contribution in [1.29, 1.82) is 0 Å². The predicted octanol–water partition coefficient (Wildman–Crippen LogP) is 1.39. The zero-order valence-electron chi connectivity index (χ0n) is 7.71. The zero-order chi connectivity index (χ0) is 9.78. The molecule has 0 fully saturated rings. The highest BCUT2D eigenvalue weighted by Crippen LogP contribution is 2.18. The third kappa shape index (κ3) is 3.05. The molecule has 0 heterocycles. The second-order valence-electron chi connectivity index (χ2n) is 3.55. The summed E-state index contributed by atoms with van der Waals surface area (Å²) in [5.41, 5.74) is 4.55. The molecule has 0 amide bonds. The van der Waals surface area contributed by atoms with E-state index in [1.165, 1.54) is 0 Å². The van der Waals surface area contributed by atoms with Crippen LogP contribution in [-0.4, -0.2) is 16.6 Å². The summed E-state index contributed by atoms with van der Waals surface area (Å²) in [6.45, 7) is 7.40. The Hall–Kier alpha value is -0.830. The summed E-state index contributed by atoms with van der Waals surface area (Å²) >= 11 is 0. The Morgan fingerprint density at radius 3 is 2.50 bits per heavy atom. The SMILES string of the molecule is C=CC[C@](N)(CC(C)C)C(=O)O. The van der Waals surface area contributed by atoms with Crippen molar-refractivity contribution in [2.45, 2.75) is 32.2 Å². The molecule has 3 nitrogen and oxygen atoms in total. The van der Waals surface area contributed by atoms with Crippen LogP contribution in [0.1, 0.15) is 26.7 Å². The molecular formula is C9H17NO2. The molecule has 0 aromatic carbocycles. The van der Waals surface area contributed by atoms with Crippen molar-refractivity contribution in [2.75, 3.05) is 0 Å². The highest BCUT2D eigenvalue weighted by molar-refractivity contribution is 5.78. The average molecular weight is 171 g/mol. The Balaban J connectivity index is 4.38. The predicted molar refractivity (Wildman–Crippen MR) is 48.8 cm³/mol. The number of hydrogen-bond donors (Lipinski definition) is 2. The van der Waals surface area contributed by atoms with Gasteiger partial charge in [-0.1, -0.05) is 19.9 Å². The van der Waals surface area contributed by atoms with Gasteiger partial charge >= 0.3 is 5.97 Å². The zero-order valence-corrected chi connectivity index (χ0v) is 7.71. The maximum absolute atomic E-state index is 10.8. The van der Waals surface area contributed by atoms with E-state index in [0.717, 1.165) is 0 Å². The molecule has 0 aromatic rings. The molecule has 0 saturated carbocycles. The molecule has 0 rings (SSSR count). The summed E-state index contributed by atoms with van der Waals surface area (Å²) in [7, 11) is 0. The van der Waals surface area contributed by atoms with E-state index in [1.807, 2.05) is 13.8 Å². The van der Waals surface area contributed by atoms with Crippen LogP contribution in [0.25, 0.3) is 0 Å². The molecule has 0 aliphatic carbocycles. The molecule has 0 radical (unpaired) electrons. The van der Waals surface area contributed by atoms with Gasteiger partial charge in [0.2, 0.25) is 0 Å².